The van der Waals surface area contributed by atoms with E-state index in [1.54, 1.807) is 0 Å². The van der Waals surface area contributed by atoms with Crippen molar-refractivity contribution in [3.05, 3.63) is 0 Å². The van der Waals surface area contributed by atoms with Gasteiger partial charge in [-0.3, -0.25) is 4.79 Å². The summed E-state index contributed by atoms with van der Waals surface area (Å²) in [6.45, 7) is 3.95. The molecule has 1 saturated heterocycles. The minimum absolute atomic E-state index is 0.196. The first-order chi connectivity index (χ1) is 6.33. The molecule has 0 aromatic heterocycles. The number of carbonyl (C=O) groups is 1. The molecule has 0 radical (unpaired) electrons. The van der Waals surface area contributed by atoms with Crippen LogP contribution in [0.25, 0.3) is 0 Å². The van der Waals surface area contributed by atoms with E-state index in [0.717, 1.165) is 25.9 Å². The van der Waals surface area contributed by atoms with Gasteiger partial charge in [0.05, 0.1) is 0 Å². The zero-order valence-corrected chi connectivity index (χ0v) is 8.44. The van der Waals surface area contributed by atoms with E-state index in [2.05, 4.69) is 17.6 Å². The van der Waals surface area contributed by atoms with Gasteiger partial charge in [0, 0.05) is 19.0 Å². The van der Waals surface area contributed by atoms with E-state index in [4.69, 9.17) is 0 Å². The number of rotatable bonds is 4. The fourth-order valence-electron chi connectivity index (χ4n) is 1.66. The molecule has 0 bridgehead atoms. The van der Waals surface area contributed by atoms with Crippen molar-refractivity contribution < 1.29 is 4.79 Å². The zero-order chi connectivity index (χ0) is 9.52. The summed E-state index contributed by atoms with van der Waals surface area (Å²) in [6, 6.07) is 0.422. The van der Waals surface area contributed by atoms with E-state index < -0.39 is 0 Å². The lowest BCUT2D eigenvalue weighted by Crippen LogP contribution is -2.38. The molecule has 1 fully saturated rings. The molecule has 0 aliphatic carbocycles. The van der Waals surface area contributed by atoms with Crippen molar-refractivity contribution in [3.8, 4) is 0 Å². The third-order valence-electron chi connectivity index (χ3n) is 2.42. The number of amides is 1. The average molecular weight is 184 g/mol. The molecule has 0 aromatic rings. The van der Waals surface area contributed by atoms with Gasteiger partial charge < -0.3 is 10.6 Å². The smallest absolute Gasteiger partial charge is 0.221 e. The van der Waals surface area contributed by atoms with Crippen LogP contribution in [0, 0.1) is 0 Å². The molecule has 0 aromatic carbocycles. The second-order valence-electron chi connectivity index (χ2n) is 3.70. The van der Waals surface area contributed by atoms with Crippen LogP contribution in [0.2, 0.25) is 0 Å². The average Bonchev–Trinajstić information content (AvgIpc) is 2.16. The van der Waals surface area contributed by atoms with Crippen LogP contribution in [0.5, 0.6) is 0 Å². The van der Waals surface area contributed by atoms with Crippen molar-refractivity contribution in [3.63, 3.8) is 0 Å². The van der Waals surface area contributed by atoms with Crippen LogP contribution in [0.1, 0.15) is 39.0 Å². The van der Waals surface area contributed by atoms with Crippen LogP contribution in [0.3, 0.4) is 0 Å². The molecule has 0 saturated carbocycles. The van der Waals surface area contributed by atoms with Crippen LogP contribution >= 0.6 is 0 Å². The first-order valence-corrected chi connectivity index (χ1v) is 5.33. The molecule has 1 unspecified atom stereocenters. The summed E-state index contributed by atoms with van der Waals surface area (Å²) in [5.74, 6) is 0.196. The van der Waals surface area contributed by atoms with E-state index >= 15 is 0 Å². The summed E-state index contributed by atoms with van der Waals surface area (Å²) >= 11 is 0. The molecule has 3 nitrogen and oxygen atoms in total. The number of nitrogens with one attached hydrogen (secondary N) is 2. The summed E-state index contributed by atoms with van der Waals surface area (Å²) in [4.78, 5) is 11.3. The summed E-state index contributed by atoms with van der Waals surface area (Å²) in [6.07, 6.45) is 5.34. The van der Waals surface area contributed by atoms with Crippen molar-refractivity contribution >= 4 is 5.91 Å². The largest absolute Gasteiger partial charge is 0.356 e. The third kappa shape index (κ3) is 4.27. The zero-order valence-electron chi connectivity index (χ0n) is 8.44. The number of piperidine rings is 1. The van der Waals surface area contributed by atoms with E-state index in [-0.39, 0.29) is 5.91 Å². The van der Waals surface area contributed by atoms with Gasteiger partial charge in [0.15, 0.2) is 0 Å². The lowest BCUT2D eigenvalue weighted by molar-refractivity contribution is -0.121. The number of hydrogen-bond donors (Lipinski definition) is 2. The number of hydrogen-bond acceptors (Lipinski definition) is 2. The number of carbonyl (C=O) groups excluding carboxylic acids is 1. The van der Waals surface area contributed by atoms with Gasteiger partial charge in [-0.25, -0.2) is 0 Å². The van der Waals surface area contributed by atoms with E-state index in [9.17, 15) is 4.79 Å². The lowest BCUT2D eigenvalue weighted by Gasteiger charge is -2.22. The summed E-state index contributed by atoms with van der Waals surface area (Å²) in [5.41, 5.74) is 0. The van der Waals surface area contributed by atoms with Crippen molar-refractivity contribution in [2.75, 3.05) is 13.1 Å². The highest BCUT2D eigenvalue weighted by Gasteiger charge is 2.15. The van der Waals surface area contributed by atoms with Gasteiger partial charge in [0.2, 0.25) is 5.91 Å². The first-order valence-electron chi connectivity index (χ1n) is 5.33. The second kappa shape index (κ2) is 5.97. The van der Waals surface area contributed by atoms with Crippen molar-refractivity contribution in [2.45, 2.75) is 45.1 Å². The lowest BCUT2D eigenvalue weighted by atomic mass is 10.0. The summed E-state index contributed by atoms with van der Waals surface area (Å²) in [5, 5.41) is 6.27. The van der Waals surface area contributed by atoms with Crippen LogP contribution in [0.15, 0.2) is 0 Å². The van der Waals surface area contributed by atoms with Gasteiger partial charge in [0.1, 0.15) is 0 Å². The van der Waals surface area contributed by atoms with Crippen LogP contribution in [-0.4, -0.2) is 25.0 Å². The normalized spacial score (nSPS) is 22.7. The summed E-state index contributed by atoms with van der Waals surface area (Å²) in [7, 11) is 0. The minimum atomic E-state index is 0.196. The monoisotopic (exact) mass is 184 g/mol. The Kier molecular flexibility index (Phi) is 4.83. The SMILES string of the molecule is CCCNC(=O)CC1CCCCN1. The Hall–Kier alpha value is -0.570. The van der Waals surface area contributed by atoms with Gasteiger partial charge >= 0.3 is 0 Å². The van der Waals surface area contributed by atoms with Gasteiger partial charge in [-0.15, -0.1) is 0 Å². The third-order valence-corrected chi connectivity index (χ3v) is 2.42. The predicted octanol–water partition coefficient (Wildman–Crippen LogP) is 1.04. The van der Waals surface area contributed by atoms with Crippen LogP contribution in [-0.2, 0) is 4.79 Å². The van der Waals surface area contributed by atoms with Crippen LogP contribution < -0.4 is 10.6 Å². The van der Waals surface area contributed by atoms with E-state index in [1.165, 1.54) is 12.8 Å². The highest BCUT2D eigenvalue weighted by atomic mass is 16.1. The van der Waals surface area contributed by atoms with Gasteiger partial charge in [-0.1, -0.05) is 13.3 Å². The molecule has 1 rings (SSSR count). The Morgan fingerprint density at radius 2 is 2.38 bits per heavy atom. The van der Waals surface area contributed by atoms with Gasteiger partial charge in [-0.05, 0) is 25.8 Å². The topological polar surface area (TPSA) is 41.1 Å². The molecular formula is C10H20N2O. The highest BCUT2D eigenvalue weighted by molar-refractivity contribution is 5.76. The molecule has 2 N–H and O–H groups in total. The predicted molar refractivity (Wildman–Crippen MR) is 53.6 cm³/mol. The molecular weight excluding hydrogens is 164 g/mol. The Bertz CT molecular complexity index is 153. The molecule has 1 aliphatic heterocycles. The quantitative estimate of drug-likeness (QED) is 0.685. The van der Waals surface area contributed by atoms with Crippen LogP contribution in [0.4, 0.5) is 0 Å². The molecule has 1 amide bonds. The van der Waals surface area contributed by atoms with Crippen molar-refractivity contribution in [2.24, 2.45) is 0 Å². The molecule has 0 spiro atoms. The highest BCUT2D eigenvalue weighted by Crippen LogP contribution is 2.09. The molecule has 3 heteroatoms. The van der Waals surface area contributed by atoms with Gasteiger partial charge in [-0.2, -0.15) is 0 Å². The fourth-order valence-corrected chi connectivity index (χ4v) is 1.66. The maximum absolute atomic E-state index is 11.3. The molecule has 1 heterocycles. The van der Waals surface area contributed by atoms with Crippen molar-refractivity contribution in [1.82, 2.24) is 10.6 Å². The minimum Gasteiger partial charge on any atom is -0.356 e. The molecule has 76 valence electrons. The molecule has 13 heavy (non-hydrogen) atoms. The fraction of sp³-hybridized carbons (Fsp3) is 0.900. The van der Waals surface area contributed by atoms with Gasteiger partial charge in [0.25, 0.3) is 0 Å². The second-order valence-corrected chi connectivity index (χ2v) is 3.70. The Morgan fingerprint density at radius 1 is 1.54 bits per heavy atom. The van der Waals surface area contributed by atoms with E-state index in [1.807, 2.05) is 0 Å². The van der Waals surface area contributed by atoms with Crippen molar-refractivity contribution in [1.29, 1.82) is 0 Å². The Balaban J connectivity index is 2.11. The Labute approximate surface area is 80.3 Å². The standard InChI is InChI=1S/C10H20N2O/c1-2-6-12-10(13)8-9-5-3-4-7-11-9/h9,11H,2-8H2,1H3,(H,12,13). The maximum Gasteiger partial charge on any atom is 0.221 e. The Morgan fingerprint density at radius 3 is 3.00 bits per heavy atom. The first kappa shape index (κ1) is 10.5. The maximum atomic E-state index is 11.3. The molecule has 1 atom stereocenters. The summed E-state index contributed by atoms with van der Waals surface area (Å²) < 4.78 is 0. The van der Waals surface area contributed by atoms with E-state index in [0.29, 0.717) is 12.5 Å². The molecule has 1 aliphatic rings.